The number of carbonyl (C=O) groups excluding carboxylic acids is 1. The Morgan fingerprint density at radius 3 is 2.73 bits per heavy atom. The Labute approximate surface area is 104 Å². The van der Waals surface area contributed by atoms with Gasteiger partial charge in [0.25, 0.3) is 0 Å². The molecule has 1 aromatic heterocycles. The SMILES string of the molecule is CCCCCCC(=O)Cc1ccc(Br)s1. The summed E-state index contributed by atoms with van der Waals surface area (Å²) in [5, 5.41) is 0. The minimum absolute atomic E-state index is 0.375. The molecule has 0 spiro atoms. The molecule has 84 valence electrons. The van der Waals surface area contributed by atoms with Crippen molar-refractivity contribution < 1.29 is 4.79 Å². The molecule has 0 saturated heterocycles. The number of thiophene rings is 1. The summed E-state index contributed by atoms with van der Waals surface area (Å²) in [6.07, 6.45) is 6.08. The first-order chi connectivity index (χ1) is 7.22. The maximum absolute atomic E-state index is 11.6. The van der Waals surface area contributed by atoms with E-state index in [2.05, 4.69) is 22.9 Å². The van der Waals surface area contributed by atoms with Gasteiger partial charge in [-0.25, -0.2) is 0 Å². The fourth-order valence-corrected chi connectivity index (χ4v) is 2.99. The van der Waals surface area contributed by atoms with E-state index in [0.29, 0.717) is 12.2 Å². The van der Waals surface area contributed by atoms with Crippen LogP contribution in [-0.4, -0.2) is 5.78 Å². The highest BCUT2D eigenvalue weighted by Gasteiger charge is 2.05. The average molecular weight is 289 g/mol. The van der Waals surface area contributed by atoms with Crippen LogP contribution in [0.25, 0.3) is 0 Å². The van der Waals surface area contributed by atoms with Crippen molar-refractivity contribution in [2.45, 2.75) is 45.4 Å². The van der Waals surface area contributed by atoms with Crippen LogP contribution < -0.4 is 0 Å². The van der Waals surface area contributed by atoms with Gasteiger partial charge in [-0.2, -0.15) is 0 Å². The van der Waals surface area contributed by atoms with Gasteiger partial charge in [-0.1, -0.05) is 26.2 Å². The van der Waals surface area contributed by atoms with Crippen LogP contribution in [0.1, 0.15) is 43.9 Å². The average Bonchev–Trinajstić information content (AvgIpc) is 2.59. The molecule has 0 aliphatic rings. The fourth-order valence-electron chi connectivity index (χ4n) is 1.48. The molecular formula is C12H17BrOS. The molecule has 0 N–H and O–H groups in total. The van der Waals surface area contributed by atoms with Crippen molar-refractivity contribution in [2.75, 3.05) is 0 Å². The highest BCUT2D eigenvalue weighted by atomic mass is 79.9. The van der Waals surface area contributed by atoms with Crippen LogP contribution in [0, 0.1) is 0 Å². The molecule has 0 aliphatic carbocycles. The van der Waals surface area contributed by atoms with Gasteiger partial charge in [-0.15, -0.1) is 11.3 Å². The van der Waals surface area contributed by atoms with Crippen LogP contribution in [0.4, 0.5) is 0 Å². The predicted molar refractivity (Wildman–Crippen MR) is 69.5 cm³/mol. The Morgan fingerprint density at radius 2 is 2.13 bits per heavy atom. The first-order valence-corrected chi connectivity index (χ1v) is 7.09. The van der Waals surface area contributed by atoms with Crippen molar-refractivity contribution in [1.29, 1.82) is 0 Å². The molecule has 1 nitrogen and oxygen atoms in total. The lowest BCUT2D eigenvalue weighted by molar-refractivity contribution is -0.118. The van der Waals surface area contributed by atoms with Crippen LogP contribution in [-0.2, 0) is 11.2 Å². The summed E-state index contributed by atoms with van der Waals surface area (Å²) in [5.74, 6) is 0.375. The Hall–Kier alpha value is -0.150. The molecule has 0 aromatic carbocycles. The molecule has 1 rings (SSSR count). The van der Waals surface area contributed by atoms with E-state index in [0.717, 1.165) is 16.6 Å². The Bertz CT molecular complexity index is 306. The molecule has 0 bridgehead atoms. The maximum Gasteiger partial charge on any atom is 0.138 e. The van der Waals surface area contributed by atoms with Gasteiger partial charge >= 0.3 is 0 Å². The summed E-state index contributed by atoms with van der Waals surface area (Å²) in [5.41, 5.74) is 0. The second kappa shape index (κ2) is 7.18. The van der Waals surface area contributed by atoms with Crippen LogP contribution >= 0.6 is 27.3 Å². The molecule has 1 heterocycles. The monoisotopic (exact) mass is 288 g/mol. The largest absolute Gasteiger partial charge is 0.299 e. The van der Waals surface area contributed by atoms with Gasteiger partial charge in [-0.05, 0) is 34.5 Å². The van der Waals surface area contributed by atoms with Gasteiger partial charge < -0.3 is 0 Å². The molecule has 3 heteroatoms. The molecule has 0 radical (unpaired) electrons. The number of hydrogen-bond acceptors (Lipinski definition) is 2. The van der Waals surface area contributed by atoms with E-state index in [1.165, 1.54) is 24.1 Å². The zero-order valence-corrected chi connectivity index (χ0v) is 11.5. The van der Waals surface area contributed by atoms with Crippen molar-refractivity contribution in [3.63, 3.8) is 0 Å². The lowest BCUT2D eigenvalue weighted by Crippen LogP contribution is -2.00. The highest BCUT2D eigenvalue weighted by Crippen LogP contribution is 2.22. The predicted octanol–water partition coefficient (Wildman–Crippen LogP) is 4.59. The molecule has 0 atom stereocenters. The van der Waals surface area contributed by atoms with Gasteiger partial charge in [0, 0.05) is 17.7 Å². The van der Waals surface area contributed by atoms with E-state index >= 15 is 0 Å². The summed E-state index contributed by atoms with van der Waals surface area (Å²) in [6, 6.07) is 4.03. The highest BCUT2D eigenvalue weighted by molar-refractivity contribution is 9.11. The Balaban J connectivity index is 2.18. The minimum atomic E-state index is 0.375. The number of rotatable bonds is 7. The molecule has 0 unspecified atom stereocenters. The quantitative estimate of drug-likeness (QED) is 0.671. The third kappa shape index (κ3) is 5.47. The molecule has 1 aromatic rings. The summed E-state index contributed by atoms with van der Waals surface area (Å²) in [6.45, 7) is 2.19. The van der Waals surface area contributed by atoms with Gasteiger partial charge in [0.15, 0.2) is 0 Å². The number of hydrogen-bond donors (Lipinski definition) is 0. The van der Waals surface area contributed by atoms with Crippen LogP contribution in [0.5, 0.6) is 0 Å². The zero-order valence-electron chi connectivity index (χ0n) is 9.09. The summed E-state index contributed by atoms with van der Waals surface area (Å²) >= 11 is 5.06. The third-order valence-electron chi connectivity index (χ3n) is 2.31. The lowest BCUT2D eigenvalue weighted by Gasteiger charge is -1.98. The van der Waals surface area contributed by atoms with E-state index in [-0.39, 0.29) is 0 Å². The van der Waals surface area contributed by atoms with Crippen LogP contribution in [0.15, 0.2) is 15.9 Å². The van der Waals surface area contributed by atoms with Crippen molar-refractivity contribution >= 4 is 33.0 Å². The van der Waals surface area contributed by atoms with Crippen LogP contribution in [0.3, 0.4) is 0 Å². The first-order valence-electron chi connectivity index (χ1n) is 5.48. The van der Waals surface area contributed by atoms with E-state index in [1.807, 2.05) is 12.1 Å². The van der Waals surface area contributed by atoms with Crippen molar-refractivity contribution in [1.82, 2.24) is 0 Å². The van der Waals surface area contributed by atoms with Crippen molar-refractivity contribution in [3.8, 4) is 0 Å². The number of halogens is 1. The summed E-state index contributed by atoms with van der Waals surface area (Å²) < 4.78 is 1.11. The van der Waals surface area contributed by atoms with Crippen molar-refractivity contribution in [2.24, 2.45) is 0 Å². The smallest absolute Gasteiger partial charge is 0.138 e. The second-order valence-electron chi connectivity index (χ2n) is 3.73. The van der Waals surface area contributed by atoms with Crippen molar-refractivity contribution in [3.05, 3.63) is 20.8 Å². The third-order valence-corrected chi connectivity index (χ3v) is 3.93. The lowest BCUT2D eigenvalue weighted by atomic mass is 10.1. The minimum Gasteiger partial charge on any atom is -0.299 e. The standard InChI is InChI=1S/C12H17BrOS/c1-2-3-4-5-6-10(14)9-11-7-8-12(13)15-11/h7-8H,2-6,9H2,1H3. The summed E-state index contributed by atoms with van der Waals surface area (Å²) in [7, 11) is 0. The Morgan fingerprint density at radius 1 is 1.33 bits per heavy atom. The molecule has 0 amide bonds. The van der Waals surface area contributed by atoms with Gasteiger partial charge in [0.05, 0.1) is 3.79 Å². The topological polar surface area (TPSA) is 17.1 Å². The summed E-state index contributed by atoms with van der Waals surface area (Å²) in [4.78, 5) is 12.7. The number of ketones is 1. The van der Waals surface area contributed by atoms with E-state index in [4.69, 9.17) is 0 Å². The maximum atomic E-state index is 11.6. The normalized spacial score (nSPS) is 10.5. The zero-order chi connectivity index (χ0) is 11.1. The second-order valence-corrected chi connectivity index (χ2v) is 6.28. The van der Waals surface area contributed by atoms with E-state index in [1.54, 1.807) is 11.3 Å². The molecule has 0 saturated carbocycles. The van der Waals surface area contributed by atoms with Crippen LogP contribution in [0.2, 0.25) is 0 Å². The van der Waals surface area contributed by atoms with Gasteiger partial charge in [0.2, 0.25) is 0 Å². The van der Waals surface area contributed by atoms with Gasteiger partial charge in [0.1, 0.15) is 5.78 Å². The van der Waals surface area contributed by atoms with E-state index < -0.39 is 0 Å². The number of Topliss-reactive ketones (excluding diaryl/α,β-unsaturated/α-hetero) is 1. The fraction of sp³-hybridized carbons (Fsp3) is 0.583. The Kier molecular flexibility index (Phi) is 6.18. The molecule has 0 aliphatic heterocycles. The molecule has 15 heavy (non-hydrogen) atoms. The van der Waals surface area contributed by atoms with Gasteiger partial charge in [-0.3, -0.25) is 4.79 Å². The molecule has 0 fully saturated rings. The van der Waals surface area contributed by atoms with E-state index in [9.17, 15) is 4.79 Å². The number of unbranched alkanes of at least 4 members (excludes halogenated alkanes) is 3. The first kappa shape index (κ1) is 12.9. The molecular weight excluding hydrogens is 272 g/mol. The number of carbonyl (C=O) groups is 1.